The molecule has 3 aromatic rings. The van der Waals surface area contributed by atoms with Gasteiger partial charge in [-0.3, -0.25) is 0 Å². The Bertz CT molecular complexity index is 782. The van der Waals surface area contributed by atoms with Gasteiger partial charge in [0.05, 0.1) is 6.54 Å². The molecule has 0 saturated heterocycles. The topological polar surface area (TPSA) is 30.7 Å². The first-order valence-corrected chi connectivity index (χ1v) is 7.47. The fourth-order valence-electron chi connectivity index (χ4n) is 2.55. The minimum Gasteiger partial charge on any atom is -0.308 e. The van der Waals surface area contributed by atoms with Crippen LogP contribution in [0.2, 0.25) is 0 Å². The van der Waals surface area contributed by atoms with Crippen LogP contribution in [0.25, 0.3) is 11.2 Å². The summed E-state index contributed by atoms with van der Waals surface area (Å²) in [4.78, 5) is 9.21. The fraction of sp³-hybridized carbons (Fsp3) is 0.333. The Kier molecular flexibility index (Phi) is 3.69. The van der Waals surface area contributed by atoms with E-state index in [1.807, 2.05) is 24.3 Å². The predicted octanol–water partition coefficient (Wildman–Crippen LogP) is 4.21. The summed E-state index contributed by atoms with van der Waals surface area (Å²) in [6, 6.07) is 10.5. The van der Waals surface area contributed by atoms with Crippen LogP contribution < -0.4 is 0 Å². The fourth-order valence-corrected chi connectivity index (χ4v) is 2.55. The second-order valence-corrected chi connectivity index (χ2v) is 6.82. The molecule has 0 spiro atoms. The number of hydrogen-bond donors (Lipinski definition) is 0. The maximum Gasteiger partial charge on any atom is 0.160 e. The van der Waals surface area contributed by atoms with Crippen LogP contribution in [-0.4, -0.2) is 14.5 Å². The van der Waals surface area contributed by atoms with E-state index in [-0.39, 0.29) is 11.2 Å². The Labute approximate surface area is 129 Å². The molecule has 114 valence electrons. The van der Waals surface area contributed by atoms with Crippen molar-refractivity contribution in [3.05, 3.63) is 59.8 Å². The standard InChI is InChI=1S/C18H20FN3/c1-18(2,3)11-16-21-15-5-4-10-20-17(15)22(16)12-13-6-8-14(19)9-7-13/h4-10H,11-12H2,1-3H3. The minimum absolute atomic E-state index is 0.141. The highest BCUT2D eigenvalue weighted by Crippen LogP contribution is 2.24. The number of benzene rings is 1. The third-order valence-corrected chi connectivity index (χ3v) is 3.53. The molecule has 0 saturated carbocycles. The number of nitrogens with zero attached hydrogens (tertiary/aromatic N) is 3. The Balaban J connectivity index is 2.05. The molecule has 3 rings (SSSR count). The summed E-state index contributed by atoms with van der Waals surface area (Å²) >= 11 is 0. The lowest BCUT2D eigenvalue weighted by molar-refractivity contribution is 0.394. The quantitative estimate of drug-likeness (QED) is 0.725. The maximum absolute atomic E-state index is 13.1. The normalized spacial score (nSPS) is 12.0. The number of imidazole rings is 1. The van der Waals surface area contributed by atoms with Crippen molar-refractivity contribution in [3.8, 4) is 0 Å². The van der Waals surface area contributed by atoms with Crippen LogP contribution in [0.5, 0.6) is 0 Å². The molecule has 0 aliphatic carbocycles. The van der Waals surface area contributed by atoms with Crippen molar-refractivity contribution >= 4 is 11.2 Å². The van der Waals surface area contributed by atoms with E-state index in [4.69, 9.17) is 4.98 Å². The van der Waals surface area contributed by atoms with Crippen LogP contribution in [0.4, 0.5) is 4.39 Å². The Morgan fingerprint density at radius 1 is 1.09 bits per heavy atom. The molecule has 0 fully saturated rings. The van der Waals surface area contributed by atoms with Crippen LogP contribution in [0.15, 0.2) is 42.6 Å². The molecule has 0 unspecified atom stereocenters. The van der Waals surface area contributed by atoms with E-state index in [1.54, 1.807) is 6.20 Å². The van der Waals surface area contributed by atoms with E-state index in [0.717, 1.165) is 29.0 Å². The summed E-state index contributed by atoms with van der Waals surface area (Å²) in [6.07, 6.45) is 2.65. The van der Waals surface area contributed by atoms with Gasteiger partial charge in [-0.2, -0.15) is 0 Å². The first kappa shape index (κ1) is 14.7. The lowest BCUT2D eigenvalue weighted by Gasteiger charge is -2.18. The van der Waals surface area contributed by atoms with Crippen LogP contribution in [-0.2, 0) is 13.0 Å². The SMILES string of the molecule is CC(C)(C)Cc1nc2cccnc2n1Cc1ccc(F)cc1. The van der Waals surface area contributed by atoms with Crippen LogP contribution >= 0.6 is 0 Å². The number of aromatic nitrogens is 3. The van der Waals surface area contributed by atoms with Gasteiger partial charge in [-0.25, -0.2) is 14.4 Å². The molecule has 2 heterocycles. The van der Waals surface area contributed by atoms with Crippen molar-refractivity contribution in [2.24, 2.45) is 5.41 Å². The minimum atomic E-state index is -0.215. The van der Waals surface area contributed by atoms with Gasteiger partial charge >= 0.3 is 0 Å². The molecule has 1 aromatic carbocycles. The van der Waals surface area contributed by atoms with Gasteiger partial charge in [-0.05, 0) is 35.2 Å². The van der Waals surface area contributed by atoms with E-state index in [1.165, 1.54) is 12.1 Å². The van der Waals surface area contributed by atoms with Gasteiger partial charge in [0.25, 0.3) is 0 Å². The van der Waals surface area contributed by atoms with Gasteiger partial charge in [-0.1, -0.05) is 32.9 Å². The van der Waals surface area contributed by atoms with Crippen molar-refractivity contribution in [2.45, 2.75) is 33.7 Å². The predicted molar refractivity (Wildman–Crippen MR) is 86.2 cm³/mol. The summed E-state index contributed by atoms with van der Waals surface area (Å²) in [5.74, 6) is 0.804. The number of halogens is 1. The molecule has 4 heteroatoms. The molecule has 2 aromatic heterocycles. The van der Waals surface area contributed by atoms with Crippen LogP contribution in [0.1, 0.15) is 32.2 Å². The lowest BCUT2D eigenvalue weighted by atomic mass is 9.92. The molecular weight excluding hydrogens is 277 g/mol. The van der Waals surface area contributed by atoms with Crippen LogP contribution in [0.3, 0.4) is 0 Å². The smallest absolute Gasteiger partial charge is 0.160 e. The summed E-state index contributed by atoms with van der Waals surface area (Å²) in [6.45, 7) is 7.24. The summed E-state index contributed by atoms with van der Waals surface area (Å²) in [7, 11) is 0. The third-order valence-electron chi connectivity index (χ3n) is 3.53. The summed E-state index contributed by atoms with van der Waals surface area (Å²) < 4.78 is 15.2. The average molecular weight is 297 g/mol. The van der Waals surface area contributed by atoms with Crippen molar-refractivity contribution in [1.82, 2.24) is 14.5 Å². The van der Waals surface area contributed by atoms with E-state index in [0.29, 0.717) is 6.54 Å². The van der Waals surface area contributed by atoms with Gasteiger partial charge < -0.3 is 4.57 Å². The van der Waals surface area contributed by atoms with Crippen molar-refractivity contribution < 1.29 is 4.39 Å². The molecule has 0 amide bonds. The third kappa shape index (κ3) is 3.16. The largest absolute Gasteiger partial charge is 0.308 e. The van der Waals surface area contributed by atoms with Crippen molar-refractivity contribution in [3.63, 3.8) is 0 Å². The van der Waals surface area contributed by atoms with Gasteiger partial charge in [0.2, 0.25) is 0 Å². The molecule has 0 radical (unpaired) electrons. The van der Waals surface area contributed by atoms with Gasteiger partial charge in [0.1, 0.15) is 17.2 Å². The molecule has 0 N–H and O–H groups in total. The molecule has 0 bridgehead atoms. The lowest BCUT2D eigenvalue weighted by Crippen LogP contribution is -2.15. The second kappa shape index (κ2) is 5.52. The zero-order chi connectivity index (χ0) is 15.7. The maximum atomic E-state index is 13.1. The highest BCUT2D eigenvalue weighted by atomic mass is 19.1. The van der Waals surface area contributed by atoms with E-state index in [2.05, 4.69) is 30.3 Å². The Hall–Kier alpha value is -2.23. The second-order valence-electron chi connectivity index (χ2n) is 6.82. The van der Waals surface area contributed by atoms with Crippen molar-refractivity contribution in [1.29, 1.82) is 0 Å². The summed E-state index contributed by atoms with van der Waals surface area (Å²) in [5, 5.41) is 0. The van der Waals surface area contributed by atoms with Gasteiger partial charge in [0, 0.05) is 12.6 Å². The first-order valence-electron chi connectivity index (χ1n) is 7.47. The van der Waals surface area contributed by atoms with E-state index >= 15 is 0 Å². The molecule has 22 heavy (non-hydrogen) atoms. The Morgan fingerprint density at radius 2 is 1.82 bits per heavy atom. The highest BCUT2D eigenvalue weighted by Gasteiger charge is 2.18. The zero-order valence-electron chi connectivity index (χ0n) is 13.2. The van der Waals surface area contributed by atoms with Gasteiger partial charge in [0.15, 0.2) is 5.65 Å². The monoisotopic (exact) mass is 297 g/mol. The molecule has 0 atom stereocenters. The van der Waals surface area contributed by atoms with Crippen LogP contribution in [0, 0.1) is 11.2 Å². The van der Waals surface area contributed by atoms with E-state index in [9.17, 15) is 4.39 Å². The molecule has 3 nitrogen and oxygen atoms in total. The highest BCUT2D eigenvalue weighted by molar-refractivity contribution is 5.71. The number of hydrogen-bond acceptors (Lipinski definition) is 2. The molecule has 0 aliphatic heterocycles. The number of pyridine rings is 1. The first-order chi connectivity index (χ1) is 10.4. The molecule has 0 aliphatic rings. The zero-order valence-corrected chi connectivity index (χ0v) is 13.2. The number of rotatable bonds is 3. The number of fused-ring (bicyclic) bond motifs is 1. The average Bonchev–Trinajstić information content (AvgIpc) is 2.77. The van der Waals surface area contributed by atoms with E-state index < -0.39 is 0 Å². The summed E-state index contributed by atoms with van der Waals surface area (Å²) in [5.41, 5.74) is 2.97. The Morgan fingerprint density at radius 3 is 2.50 bits per heavy atom. The van der Waals surface area contributed by atoms with Gasteiger partial charge in [-0.15, -0.1) is 0 Å². The molecular formula is C18H20FN3. The van der Waals surface area contributed by atoms with Crippen molar-refractivity contribution in [2.75, 3.05) is 0 Å².